The highest BCUT2D eigenvalue weighted by Crippen LogP contribution is 2.50. The lowest BCUT2D eigenvalue weighted by Gasteiger charge is -2.41. The van der Waals surface area contributed by atoms with Crippen LogP contribution in [0.1, 0.15) is 65.6 Å². The van der Waals surface area contributed by atoms with Gasteiger partial charge in [-0.15, -0.1) is 16.4 Å². The number of halogens is 4. The Balaban J connectivity index is 1.05. The zero-order valence-corrected chi connectivity index (χ0v) is 32.6. The molecule has 2 atom stereocenters. The molecule has 7 heterocycles. The number of aromatic nitrogens is 3. The van der Waals surface area contributed by atoms with E-state index in [9.17, 15) is 18.8 Å². The fourth-order valence-electron chi connectivity index (χ4n) is 9.29. The fourth-order valence-corrected chi connectivity index (χ4v) is 10.2. The van der Waals surface area contributed by atoms with Gasteiger partial charge in [0.2, 0.25) is 0 Å². The maximum absolute atomic E-state index is 17.7. The number of hydroxylamine groups is 2. The minimum absolute atomic E-state index is 0.0134. The fraction of sp³-hybridized carbons (Fsp3) is 0.405. The number of nitriles is 1. The highest BCUT2D eigenvalue weighted by atomic mass is 32.1. The molecule has 0 spiro atoms. The number of pyridine rings is 1. The molecule has 304 valence electrons. The first kappa shape index (κ1) is 37.8. The molecular formula is C42H38F4N8O4S. The molecule has 10 rings (SSSR count). The van der Waals surface area contributed by atoms with Crippen molar-refractivity contribution < 1.29 is 36.7 Å². The minimum atomic E-state index is -1.58. The number of benzene rings is 2. The number of nitrogen functional groups attached to an aromatic ring is 1. The maximum atomic E-state index is 17.7. The van der Waals surface area contributed by atoms with Crippen LogP contribution in [-0.4, -0.2) is 82.3 Å². The molecule has 2 bridgehead atoms. The topological polar surface area (TPSA) is 143 Å². The number of nitrogens with two attached hydrogens (primary N) is 1. The van der Waals surface area contributed by atoms with Crippen molar-refractivity contribution in [1.82, 2.24) is 24.9 Å². The number of hydrogen-bond acceptors (Lipinski definition) is 13. The van der Waals surface area contributed by atoms with E-state index in [0.29, 0.717) is 73.5 Å². The molecule has 1 aliphatic carbocycles. The number of piperazine rings is 1. The number of thiophene rings is 1. The van der Waals surface area contributed by atoms with E-state index in [1.165, 1.54) is 0 Å². The zero-order valence-electron chi connectivity index (χ0n) is 31.8. The van der Waals surface area contributed by atoms with Gasteiger partial charge in [0, 0.05) is 48.1 Å². The zero-order chi connectivity index (χ0) is 40.6. The van der Waals surface area contributed by atoms with E-state index in [4.69, 9.17) is 30.0 Å². The SMILES string of the molecule is N#Cc1c(N)sc2c(F)cnc(-c3c4c(c5c(N6C7CCC6CN(OC(=O)c6ccccc6)C7)nc(OCC6(CN7CCC(=C(F)F)CC7)CC6)nc5c3F)COC4)c12. The number of anilines is 2. The van der Waals surface area contributed by atoms with Crippen LogP contribution >= 0.6 is 11.3 Å². The molecule has 17 heteroatoms. The van der Waals surface area contributed by atoms with E-state index in [-0.39, 0.29) is 86.3 Å². The molecule has 1 saturated carbocycles. The molecule has 2 unspecified atom stereocenters. The molecule has 59 heavy (non-hydrogen) atoms. The number of piperidine rings is 1. The van der Waals surface area contributed by atoms with Crippen molar-refractivity contribution >= 4 is 49.1 Å². The van der Waals surface area contributed by atoms with Gasteiger partial charge in [0.15, 0.2) is 11.6 Å². The number of hydrogen-bond donors (Lipinski definition) is 1. The summed E-state index contributed by atoms with van der Waals surface area (Å²) in [6, 6.07) is 10.5. The van der Waals surface area contributed by atoms with Crippen molar-refractivity contribution in [2.75, 3.05) is 50.0 Å². The number of nitrogens with zero attached hydrogens (tertiary/aromatic N) is 7. The predicted octanol–water partition coefficient (Wildman–Crippen LogP) is 7.50. The highest BCUT2D eigenvalue weighted by molar-refractivity contribution is 7.23. The molecule has 0 radical (unpaired) electrons. The van der Waals surface area contributed by atoms with Gasteiger partial charge in [0.25, 0.3) is 6.08 Å². The van der Waals surface area contributed by atoms with Crippen LogP contribution in [0.2, 0.25) is 0 Å². The second-order valence-corrected chi connectivity index (χ2v) is 17.2. The van der Waals surface area contributed by atoms with E-state index in [1.54, 1.807) is 29.3 Å². The van der Waals surface area contributed by atoms with Gasteiger partial charge in [0.05, 0.1) is 66.0 Å². The first-order valence-electron chi connectivity index (χ1n) is 19.7. The third kappa shape index (κ3) is 6.62. The van der Waals surface area contributed by atoms with E-state index in [1.807, 2.05) is 6.07 Å². The maximum Gasteiger partial charge on any atom is 0.357 e. The van der Waals surface area contributed by atoms with Crippen LogP contribution in [0.4, 0.5) is 28.4 Å². The number of fused-ring (bicyclic) bond motifs is 6. The summed E-state index contributed by atoms with van der Waals surface area (Å²) in [7, 11) is 0. The second kappa shape index (κ2) is 14.7. The number of rotatable bonds is 9. The molecule has 3 saturated heterocycles. The lowest BCUT2D eigenvalue weighted by atomic mass is 9.93. The molecule has 0 amide bonds. The Morgan fingerprint density at radius 2 is 1.76 bits per heavy atom. The lowest BCUT2D eigenvalue weighted by Crippen LogP contribution is -2.54. The van der Waals surface area contributed by atoms with E-state index in [2.05, 4.69) is 20.9 Å². The molecule has 2 aromatic carbocycles. The monoisotopic (exact) mass is 826 g/mol. The van der Waals surface area contributed by atoms with E-state index < -0.39 is 23.7 Å². The summed E-state index contributed by atoms with van der Waals surface area (Å²) in [5.74, 6) is -1.40. The largest absolute Gasteiger partial charge is 0.463 e. The van der Waals surface area contributed by atoms with E-state index >= 15 is 8.78 Å². The predicted molar refractivity (Wildman–Crippen MR) is 210 cm³/mol. The number of likely N-dealkylation sites (tertiary alicyclic amines) is 1. The average molecular weight is 827 g/mol. The molecule has 4 fully saturated rings. The van der Waals surface area contributed by atoms with Gasteiger partial charge < -0.3 is 29.8 Å². The Labute approximate surface area is 339 Å². The van der Waals surface area contributed by atoms with Crippen molar-refractivity contribution in [3.63, 3.8) is 0 Å². The first-order valence-corrected chi connectivity index (χ1v) is 20.5. The molecule has 12 nitrogen and oxygen atoms in total. The Kier molecular flexibility index (Phi) is 9.42. The van der Waals surface area contributed by atoms with Crippen LogP contribution in [0, 0.1) is 28.4 Å². The molecule has 5 aliphatic rings. The van der Waals surface area contributed by atoms with Gasteiger partial charge in [0.1, 0.15) is 22.4 Å². The molecule has 3 aromatic heterocycles. The van der Waals surface area contributed by atoms with Crippen LogP contribution in [0.25, 0.3) is 32.2 Å². The number of ether oxygens (including phenoxy) is 2. The Morgan fingerprint density at radius 3 is 2.46 bits per heavy atom. The highest BCUT2D eigenvalue weighted by Gasteiger charge is 2.47. The van der Waals surface area contributed by atoms with Crippen molar-refractivity contribution in [3.8, 4) is 23.3 Å². The molecule has 4 aliphatic heterocycles. The molecule has 2 N–H and O–H groups in total. The summed E-state index contributed by atoms with van der Waals surface area (Å²) in [5.41, 5.74) is 7.83. The second-order valence-electron chi connectivity index (χ2n) is 16.1. The summed E-state index contributed by atoms with van der Waals surface area (Å²) in [6.07, 6.45) is 3.36. The Morgan fingerprint density at radius 1 is 1.03 bits per heavy atom. The third-order valence-corrected chi connectivity index (χ3v) is 13.5. The Hall–Kier alpha value is -5.41. The van der Waals surface area contributed by atoms with Crippen LogP contribution in [0.3, 0.4) is 0 Å². The lowest BCUT2D eigenvalue weighted by molar-refractivity contribution is -0.120. The first-order chi connectivity index (χ1) is 28.6. The van der Waals surface area contributed by atoms with Gasteiger partial charge in [-0.3, -0.25) is 4.98 Å². The average Bonchev–Trinajstić information content (AvgIpc) is 3.51. The Bertz CT molecular complexity index is 2590. The smallest absolute Gasteiger partial charge is 0.357 e. The number of carbonyl (C=O) groups is 1. The molecular weight excluding hydrogens is 789 g/mol. The van der Waals surface area contributed by atoms with Crippen molar-refractivity contribution in [1.29, 1.82) is 5.26 Å². The van der Waals surface area contributed by atoms with Crippen molar-refractivity contribution in [2.45, 2.75) is 63.8 Å². The van der Waals surface area contributed by atoms with Gasteiger partial charge in [-0.25, -0.2) is 13.6 Å². The summed E-state index contributed by atoms with van der Waals surface area (Å²) in [5, 5.41) is 12.4. The van der Waals surface area contributed by atoms with E-state index in [0.717, 1.165) is 43.2 Å². The van der Waals surface area contributed by atoms with Gasteiger partial charge in [-0.2, -0.15) is 24.0 Å². The van der Waals surface area contributed by atoms with Crippen LogP contribution < -0.4 is 15.4 Å². The number of carbonyl (C=O) groups excluding carboxylic acids is 1. The third-order valence-electron chi connectivity index (χ3n) is 12.5. The summed E-state index contributed by atoms with van der Waals surface area (Å²) >= 11 is 0.903. The van der Waals surface area contributed by atoms with Crippen LogP contribution in [0.5, 0.6) is 6.01 Å². The van der Waals surface area contributed by atoms with Crippen LogP contribution in [-0.2, 0) is 22.8 Å². The summed E-state index contributed by atoms with van der Waals surface area (Å²) < 4.78 is 71.8. The van der Waals surface area contributed by atoms with Crippen LogP contribution in [0.15, 0.2) is 48.2 Å². The quantitative estimate of drug-likeness (QED) is 0.147. The summed E-state index contributed by atoms with van der Waals surface area (Å²) in [4.78, 5) is 37.4. The minimum Gasteiger partial charge on any atom is -0.463 e. The van der Waals surface area contributed by atoms with Gasteiger partial charge in [-0.1, -0.05) is 18.2 Å². The van der Waals surface area contributed by atoms with Gasteiger partial charge >= 0.3 is 12.0 Å². The summed E-state index contributed by atoms with van der Waals surface area (Å²) in [6.45, 7) is 2.89. The molecule has 5 aromatic rings. The van der Waals surface area contributed by atoms with Gasteiger partial charge in [-0.05, 0) is 67.4 Å². The normalized spacial score (nSPS) is 21.2. The standard InChI is InChI=1S/C42H38F4N8O4S/c43-29-15-49-34(31-26(14-47)38(48)59-36(29)31)30-27-18-56-19-28(27)32-35(33(30)44)50-41(57-21-42(10-11-42)20-52-12-8-22(9-13-52)37(45)46)51-39(32)54-24-6-7-25(54)17-53(16-24)58-40(55)23-4-2-1-3-5-23/h1-5,15,24-25H,6-13,16-21,48H2. The van der Waals surface area contributed by atoms with Crippen molar-refractivity contribution in [3.05, 3.63) is 82.1 Å². The van der Waals surface area contributed by atoms with Crippen molar-refractivity contribution in [2.24, 2.45) is 5.41 Å².